The molecule has 28 heavy (non-hydrogen) atoms. The highest BCUT2D eigenvalue weighted by Gasteiger charge is 2.37. The summed E-state index contributed by atoms with van der Waals surface area (Å²) in [5.41, 5.74) is 3.22. The summed E-state index contributed by atoms with van der Waals surface area (Å²) in [6.07, 6.45) is -0.506. The third kappa shape index (κ3) is 3.59. The molecule has 1 heterocycles. The van der Waals surface area contributed by atoms with E-state index in [1.807, 2.05) is 0 Å². The molecule has 1 aliphatic heterocycles. The van der Waals surface area contributed by atoms with Gasteiger partial charge in [0.2, 0.25) is 0 Å². The maximum absolute atomic E-state index is 12.7. The van der Waals surface area contributed by atoms with E-state index in [1.165, 1.54) is 18.1 Å². The van der Waals surface area contributed by atoms with Crippen LogP contribution in [0.1, 0.15) is 42.6 Å². The molecule has 150 valence electrons. The van der Waals surface area contributed by atoms with Crippen molar-refractivity contribution in [2.45, 2.75) is 32.3 Å². The predicted molar refractivity (Wildman–Crippen MR) is 107 cm³/mol. The summed E-state index contributed by atoms with van der Waals surface area (Å²) in [5, 5.41) is 11.7. The molecule has 0 fully saturated rings. The molecule has 2 aromatic rings. The number of amides is 2. The van der Waals surface area contributed by atoms with Gasteiger partial charge in [-0.25, -0.2) is 10.3 Å². The normalized spacial score (nSPS) is 16.2. The zero-order chi connectivity index (χ0) is 20.6. The van der Waals surface area contributed by atoms with Gasteiger partial charge in [0, 0.05) is 29.8 Å². The molecule has 2 aromatic carbocycles. The van der Waals surface area contributed by atoms with E-state index in [4.69, 9.17) is 21.2 Å². The van der Waals surface area contributed by atoms with E-state index >= 15 is 0 Å². The Hall–Kier alpha value is -2.51. The number of nitrogens with zero attached hydrogens (tertiary/aromatic N) is 1. The topological polar surface area (TPSA) is 88.1 Å². The second kappa shape index (κ2) is 7.48. The third-order valence-electron chi connectivity index (χ3n) is 4.50. The maximum Gasteiger partial charge on any atom is 0.414 e. The SMILES string of the molecule is CONC(=O)c1cccc2c3c(cc(O)c12)N(C(=O)OC(C)(C)C)CC3CCl. The molecule has 1 unspecified atom stereocenters. The molecule has 1 aliphatic rings. The fraction of sp³-hybridized carbons (Fsp3) is 0.400. The quantitative estimate of drug-likeness (QED) is 0.596. The Morgan fingerprint density at radius 1 is 1.36 bits per heavy atom. The van der Waals surface area contributed by atoms with Gasteiger partial charge in [0.25, 0.3) is 5.91 Å². The van der Waals surface area contributed by atoms with Crippen molar-refractivity contribution in [2.75, 3.05) is 24.4 Å². The standard InChI is InChI=1S/C20H23ClN2O5/c1-20(2,3)28-19(26)23-10-11(9-21)16-12-6-5-7-13(18(25)22-27-4)17(12)15(24)8-14(16)23/h5-8,11,24H,9-10H2,1-4H3,(H,22,25). The number of alkyl halides is 1. The Morgan fingerprint density at radius 3 is 2.68 bits per heavy atom. The first-order valence-electron chi connectivity index (χ1n) is 8.86. The summed E-state index contributed by atoms with van der Waals surface area (Å²) < 4.78 is 5.50. The molecule has 2 amide bonds. The number of hydrogen-bond donors (Lipinski definition) is 2. The third-order valence-corrected chi connectivity index (χ3v) is 4.87. The number of nitrogens with one attached hydrogen (secondary N) is 1. The number of hydroxylamine groups is 1. The molecule has 7 nitrogen and oxygen atoms in total. The van der Waals surface area contributed by atoms with Gasteiger partial charge in [-0.3, -0.25) is 14.5 Å². The minimum Gasteiger partial charge on any atom is -0.507 e. The predicted octanol–water partition coefficient (Wildman–Crippen LogP) is 3.91. The molecule has 0 saturated heterocycles. The van der Waals surface area contributed by atoms with Gasteiger partial charge in [-0.2, -0.15) is 0 Å². The molecule has 2 N–H and O–H groups in total. The van der Waals surface area contributed by atoms with Crippen LogP contribution in [0.4, 0.5) is 10.5 Å². The lowest BCUT2D eigenvalue weighted by Gasteiger charge is -2.25. The summed E-state index contributed by atoms with van der Waals surface area (Å²) in [4.78, 5) is 31.2. The lowest BCUT2D eigenvalue weighted by Crippen LogP contribution is -2.36. The largest absolute Gasteiger partial charge is 0.507 e. The molecule has 0 saturated carbocycles. The zero-order valence-electron chi connectivity index (χ0n) is 16.2. The Kier molecular flexibility index (Phi) is 5.41. The monoisotopic (exact) mass is 406 g/mol. The minimum atomic E-state index is -0.652. The average Bonchev–Trinajstić information content (AvgIpc) is 2.99. The molecular formula is C20H23ClN2O5. The lowest BCUT2D eigenvalue weighted by atomic mass is 9.93. The van der Waals surface area contributed by atoms with Gasteiger partial charge in [0.15, 0.2) is 0 Å². The van der Waals surface area contributed by atoms with E-state index in [2.05, 4.69) is 5.48 Å². The van der Waals surface area contributed by atoms with Gasteiger partial charge >= 0.3 is 6.09 Å². The van der Waals surface area contributed by atoms with Crippen LogP contribution < -0.4 is 10.4 Å². The van der Waals surface area contributed by atoms with Crippen molar-refractivity contribution >= 4 is 40.1 Å². The van der Waals surface area contributed by atoms with E-state index in [-0.39, 0.29) is 23.1 Å². The first kappa shape index (κ1) is 20.2. The molecule has 0 bridgehead atoms. The van der Waals surface area contributed by atoms with E-state index in [0.29, 0.717) is 23.0 Å². The Balaban J connectivity index is 2.18. The highest BCUT2D eigenvalue weighted by molar-refractivity contribution is 6.19. The number of rotatable bonds is 3. The van der Waals surface area contributed by atoms with E-state index in [0.717, 1.165) is 5.56 Å². The van der Waals surface area contributed by atoms with Crippen LogP contribution in [0.2, 0.25) is 0 Å². The molecule has 0 radical (unpaired) electrons. The van der Waals surface area contributed by atoms with E-state index < -0.39 is 17.6 Å². The highest BCUT2D eigenvalue weighted by Crippen LogP contribution is 2.46. The van der Waals surface area contributed by atoms with Gasteiger partial charge < -0.3 is 9.84 Å². The fourth-order valence-electron chi connectivity index (χ4n) is 3.49. The number of carbonyl (C=O) groups is 2. The van der Waals surface area contributed by atoms with Gasteiger partial charge in [0.05, 0.1) is 18.4 Å². The molecule has 3 rings (SSSR count). The Labute approximate surface area is 168 Å². The average molecular weight is 407 g/mol. The number of fused-ring (bicyclic) bond motifs is 3. The molecule has 1 atom stereocenters. The summed E-state index contributed by atoms with van der Waals surface area (Å²) in [6, 6.07) is 6.60. The Morgan fingerprint density at radius 2 is 2.07 bits per heavy atom. The van der Waals surface area contributed by atoms with Crippen molar-refractivity contribution < 1.29 is 24.3 Å². The number of benzene rings is 2. The van der Waals surface area contributed by atoms with Crippen LogP contribution in [0, 0.1) is 0 Å². The second-order valence-corrected chi connectivity index (χ2v) is 7.94. The molecule has 8 heteroatoms. The molecule has 0 aromatic heterocycles. The zero-order valence-corrected chi connectivity index (χ0v) is 17.0. The number of carbonyl (C=O) groups excluding carboxylic acids is 2. The van der Waals surface area contributed by atoms with Crippen LogP contribution >= 0.6 is 11.6 Å². The van der Waals surface area contributed by atoms with Crippen LogP contribution in [0.25, 0.3) is 10.8 Å². The van der Waals surface area contributed by atoms with Crippen LogP contribution in [0.15, 0.2) is 24.3 Å². The minimum absolute atomic E-state index is 0.112. The summed E-state index contributed by atoms with van der Waals surface area (Å²) >= 11 is 6.19. The number of hydrogen-bond acceptors (Lipinski definition) is 5. The van der Waals surface area contributed by atoms with E-state index in [9.17, 15) is 14.7 Å². The summed E-state index contributed by atoms with van der Waals surface area (Å²) in [7, 11) is 1.34. The maximum atomic E-state index is 12.7. The number of aromatic hydroxyl groups is 1. The number of phenolic OH excluding ortho intramolecular Hbond substituents is 1. The van der Waals surface area contributed by atoms with Gasteiger partial charge in [-0.15, -0.1) is 11.6 Å². The van der Waals surface area contributed by atoms with Crippen LogP contribution in [0.3, 0.4) is 0 Å². The van der Waals surface area contributed by atoms with E-state index in [1.54, 1.807) is 39.0 Å². The van der Waals surface area contributed by atoms with Crippen LogP contribution in [-0.2, 0) is 9.57 Å². The van der Waals surface area contributed by atoms with Crippen molar-refractivity contribution in [1.29, 1.82) is 0 Å². The molecule has 0 spiro atoms. The number of halogens is 1. The van der Waals surface area contributed by atoms with Crippen molar-refractivity contribution in [1.82, 2.24) is 5.48 Å². The van der Waals surface area contributed by atoms with Crippen molar-refractivity contribution in [3.05, 3.63) is 35.4 Å². The molecular weight excluding hydrogens is 384 g/mol. The number of anilines is 1. The number of phenols is 1. The highest BCUT2D eigenvalue weighted by atomic mass is 35.5. The van der Waals surface area contributed by atoms with Gasteiger partial charge in [-0.05, 0) is 37.8 Å². The fourth-order valence-corrected chi connectivity index (χ4v) is 3.74. The van der Waals surface area contributed by atoms with Crippen molar-refractivity contribution in [2.24, 2.45) is 0 Å². The summed E-state index contributed by atoms with van der Waals surface area (Å²) in [5.74, 6) is -0.471. The number of ether oxygens (including phenoxy) is 1. The van der Waals surface area contributed by atoms with Crippen LogP contribution in [-0.4, -0.2) is 42.2 Å². The van der Waals surface area contributed by atoms with Gasteiger partial charge in [-0.1, -0.05) is 12.1 Å². The van der Waals surface area contributed by atoms with Crippen LogP contribution in [0.5, 0.6) is 5.75 Å². The smallest absolute Gasteiger partial charge is 0.414 e. The molecule has 0 aliphatic carbocycles. The summed E-state index contributed by atoms with van der Waals surface area (Å²) in [6.45, 7) is 5.71. The first-order chi connectivity index (χ1) is 13.2. The van der Waals surface area contributed by atoms with Gasteiger partial charge in [0.1, 0.15) is 11.4 Å². The van der Waals surface area contributed by atoms with Crippen molar-refractivity contribution in [3.63, 3.8) is 0 Å². The Bertz CT molecular complexity index is 938. The second-order valence-electron chi connectivity index (χ2n) is 7.63. The lowest BCUT2D eigenvalue weighted by molar-refractivity contribution is 0.0538. The van der Waals surface area contributed by atoms with Crippen molar-refractivity contribution in [3.8, 4) is 5.75 Å². The first-order valence-corrected chi connectivity index (χ1v) is 9.39.